The van der Waals surface area contributed by atoms with Gasteiger partial charge >= 0.3 is 0 Å². The van der Waals surface area contributed by atoms with Crippen LogP contribution in [0.5, 0.6) is 5.75 Å². The van der Waals surface area contributed by atoms with E-state index >= 15 is 0 Å². The number of aryl methyl sites for hydroxylation is 1. The van der Waals surface area contributed by atoms with Crippen molar-refractivity contribution >= 4 is 0 Å². The zero-order valence-electron chi connectivity index (χ0n) is 11.7. The molecular formula is C15H25NO2. The van der Waals surface area contributed by atoms with Gasteiger partial charge in [-0.05, 0) is 31.4 Å². The molecule has 1 aromatic rings. The highest BCUT2D eigenvalue weighted by Gasteiger charge is 2.08. The number of nitrogens with two attached hydrogens (primary N) is 1. The predicted molar refractivity (Wildman–Crippen MR) is 75.1 cm³/mol. The van der Waals surface area contributed by atoms with Crippen molar-refractivity contribution in [2.24, 2.45) is 5.73 Å². The minimum absolute atomic E-state index is 0.202. The summed E-state index contributed by atoms with van der Waals surface area (Å²) in [4.78, 5) is 0. The summed E-state index contributed by atoms with van der Waals surface area (Å²) in [6.45, 7) is 5.62. The van der Waals surface area contributed by atoms with Crippen molar-refractivity contribution < 1.29 is 9.47 Å². The van der Waals surface area contributed by atoms with Crippen LogP contribution < -0.4 is 10.5 Å². The quantitative estimate of drug-likeness (QED) is 0.722. The molecule has 0 saturated heterocycles. The summed E-state index contributed by atoms with van der Waals surface area (Å²) < 4.78 is 10.8. The van der Waals surface area contributed by atoms with Crippen molar-refractivity contribution in [3.05, 3.63) is 29.3 Å². The molecule has 1 rings (SSSR count). The third-order valence-corrected chi connectivity index (χ3v) is 2.97. The SMILES string of the molecule is CCC(N)Cc1cc(C)ccc1OCCCOC. The van der Waals surface area contributed by atoms with Crippen molar-refractivity contribution in [2.75, 3.05) is 20.3 Å². The van der Waals surface area contributed by atoms with E-state index in [0.29, 0.717) is 6.61 Å². The lowest BCUT2D eigenvalue weighted by molar-refractivity contribution is 0.171. The topological polar surface area (TPSA) is 44.5 Å². The smallest absolute Gasteiger partial charge is 0.122 e. The van der Waals surface area contributed by atoms with Gasteiger partial charge in [0.15, 0.2) is 0 Å². The molecule has 0 radical (unpaired) electrons. The fraction of sp³-hybridized carbons (Fsp3) is 0.600. The van der Waals surface area contributed by atoms with E-state index in [2.05, 4.69) is 26.0 Å². The summed E-state index contributed by atoms with van der Waals surface area (Å²) in [5, 5.41) is 0. The zero-order chi connectivity index (χ0) is 13.4. The maximum Gasteiger partial charge on any atom is 0.122 e. The second kappa shape index (κ2) is 8.11. The maximum absolute atomic E-state index is 6.02. The van der Waals surface area contributed by atoms with E-state index in [9.17, 15) is 0 Å². The van der Waals surface area contributed by atoms with Gasteiger partial charge in [-0.1, -0.05) is 24.6 Å². The van der Waals surface area contributed by atoms with Gasteiger partial charge in [-0.3, -0.25) is 0 Å². The van der Waals surface area contributed by atoms with Crippen molar-refractivity contribution in [1.82, 2.24) is 0 Å². The first-order valence-electron chi connectivity index (χ1n) is 6.64. The maximum atomic E-state index is 6.02. The van der Waals surface area contributed by atoms with Gasteiger partial charge in [-0.2, -0.15) is 0 Å². The first-order chi connectivity index (χ1) is 8.67. The molecule has 1 unspecified atom stereocenters. The third kappa shape index (κ3) is 5.07. The first-order valence-corrected chi connectivity index (χ1v) is 6.64. The molecule has 0 aliphatic rings. The van der Waals surface area contributed by atoms with E-state index in [4.69, 9.17) is 15.2 Å². The Labute approximate surface area is 110 Å². The first kappa shape index (κ1) is 15.0. The number of ether oxygens (including phenoxy) is 2. The van der Waals surface area contributed by atoms with Crippen molar-refractivity contribution in [2.45, 2.75) is 39.2 Å². The fourth-order valence-corrected chi connectivity index (χ4v) is 1.82. The van der Waals surface area contributed by atoms with Gasteiger partial charge in [-0.25, -0.2) is 0 Å². The molecule has 0 bridgehead atoms. The van der Waals surface area contributed by atoms with Gasteiger partial charge in [0.1, 0.15) is 5.75 Å². The second-order valence-corrected chi connectivity index (χ2v) is 4.68. The summed E-state index contributed by atoms with van der Waals surface area (Å²) in [6, 6.07) is 6.49. The number of hydrogen-bond donors (Lipinski definition) is 1. The lowest BCUT2D eigenvalue weighted by atomic mass is 10.0. The van der Waals surface area contributed by atoms with Crippen LogP contribution in [0.2, 0.25) is 0 Å². The number of rotatable bonds is 8. The highest BCUT2D eigenvalue weighted by Crippen LogP contribution is 2.22. The largest absolute Gasteiger partial charge is 0.493 e. The van der Waals surface area contributed by atoms with E-state index in [1.807, 2.05) is 6.07 Å². The summed E-state index contributed by atoms with van der Waals surface area (Å²) in [5.74, 6) is 0.959. The third-order valence-electron chi connectivity index (χ3n) is 2.97. The Kier molecular flexibility index (Phi) is 6.76. The van der Waals surface area contributed by atoms with E-state index in [1.165, 1.54) is 11.1 Å². The summed E-state index contributed by atoms with van der Waals surface area (Å²) in [5.41, 5.74) is 8.48. The van der Waals surface area contributed by atoms with Crippen molar-refractivity contribution in [3.63, 3.8) is 0 Å². The lowest BCUT2D eigenvalue weighted by Gasteiger charge is -2.15. The Bertz CT molecular complexity index is 352. The highest BCUT2D eigenvalue weighted by atomic mass is 16.5. The molecule has 2 N–H and O–H groups in total. The Morgan fingerprint density at radius 2 is 2.06 bits per heavy atom. The minimum Gasteiger partial charge on any atom is -0.493 e. The molecule has 0 aliphatic heterocycles. The molecule has 0 amide bonds. The second-order valence-electron chi connectivity index (χ2n) is 4.68. The molecule has 0 aromatic heterocycles. The highest BCUT2D eigenvalue weighted by molar-refractivity contribution is 5.37. The molecule has 1 aromatic carbocycles. The van der Waals surface area contributed by atoms with Gasteiger partial charge in [0.2, 0.25) is 0 Å². The molecule has 0 aliphatic carbocycles. The van der Waals surface area contributed by atoms with Gasteiger partial charge in [0.05, 0.1) is 6.61 Å². The van der Waals surface area contributed by atoms with Crippen LogP contribution >= 0.6 is 0 Å². The molecule has 0 saturated carbocycles. The number of methoxy groups -OCH3 is 1. The van der Waals surface area contributed by atoms with E-state index in [1.54, 1.807) is 7.11 Å². The molecule has 18 heavy (non-hydrogen) atoms. The Morgan fingerprint density at radius 3 is 2.72 bits per heavy atom. The van der Waals surface area contributed by atoms with Gasteiger partial charge in [0.25, 0.3) is 0 Å². The van der Waals surface area contributed by atoms with Crippen LogP contribution in [0.15, 0.2) is 18.2 Å². The van der Waals surface area contributed by atoms with Crippen LogP contribution in [0, 0.1) is 6.92 Å². The molecule has 3 nitrogen and oxygen atoms in total. The molecule has 1 atom stereocenters. The van der Waals surface area contributed by atoms with Crippen LogP contribution in [0.4, 0.5) is 0 Å². The average molecular weight is 251 g/mol. The number of benzene rings is 1. The van der Waals surface area contributed by atoms with Gasteiger partial charge in [0, 0.05) is 26.2 Å². The standard InChI is InChI=1S/C15H25NO2/c1-4-14(16)11-13-10-12(2)6-7-15(13)18-9-5-8-17-3/h6-7,10,14H,4-5,8-9,11,16H2,1-3H3. The van der Waals surface area contributed by atoms with Crippen LogP contribution in [0.1, 0.15) is 30.9 Å². The Hall–Kier alpha value is -1.06. The van der Waals surface area contributed by atoms with Crippen LogP contribution in [-0.2, 0) is 11.2 Å². The fourth-order valence-electron chi connectivity index (χ4n) is 1.82. The van der Waals surface area contributed by atoms with E-state index in [0.717, 1.165) is 31.6 Å². The van der Waals surface area contributed by atoms with Crippen molar-refractivity contribution in [1.29, 1.82) is 0 Å². The Balaban J connectivity index is 2.64. The molecule has 3 heteroatoms. The molecule has 0 fully saturated rings. The van der Waals surface area contributed by atoms with Crippen LogP contribution in [0.25, 0.3) is 0 Å². The van der Waals surface area contributed by atoms with Gasteiger partial charge < -0.3 is 15.2 Å². The van der Waals surface area contributed by atoms with E-state index < -0.39 is 0 Å². The Morgan fingerprint density at radius 1 is 1.28 bits per heavy atom. The summed E-state index contributed by atoms with van der Waals surface area (Å²) >= 11 is 0. The summed E-state index contributed by atoms with van der Waals surface area (Å²) in [7, 11) is 1.71. The molecular weight excluding hydrogens is 226 g/mol. The molecule has 0 spiro atoms. The minimum atomic E-state index is 0.202. The van der Waals surface area contributed by atoms with Gasteiger partial charge in [-0.15, -0.1) is 0 Å². The molecule has 102 valence electrons. The normalized spacial score (nSPS) is 12.4. The van der Waals surface area contributed by atoms with Crippen molar-refractivity contribution in [3.8, 4) is 5.75 Å². The lowest BCUT2D eigenvalue weighted by Crippen LogP contribution is -2.21. The summed E-state index contributed by atoms with van der Waals surface area (Å²) in [6.07, 6.45) is 2.76. The predicted octanol–water partition coefficient (Wildman–Crippen LogP) is 2.69. The monoisotopic (exact) mass is 251 g/mol. The van der Waals surface area contributed by atoms with Crippen LogP contribution in [0.3, 0.4) is 0 Å². The van der Waals surface area contributed by atoms with Crippen LogP contribution in [-0.4, -0.2) is 26.4 Å². The number of hydrogen-bond acceptors (Lipinski definition) is 3. The average Bonchev–Trinajstić information content (AvgIpc) is 2.36. The molecule has 0 heterocycles. The van der Waals surface area contributed by atoms with E-state index in [-0.39, 0.29) is 6.04 Å². The zero-order valence-corrected chi connectivity index (χ0v) is 11.7.